The lowest BCUT2D eigenvalue weighted by Gasteiger charge is -2.34. The average Bonchev–Trinajstić information content (AvgIpc) is 2.88. The van der Waals surface area contributed by atoms with Crippen molar-refractivity contribution in [2.45, 2.75) is 64.4 Å². The van der Waals surface area contributed by atoms with Crippen molar-refractivity contribution < 1.29 is 34.1 Å². The van der Waals surface area contributed by atoms with Crippen LogP contribution < -0.4 is 16.0 Å². The zero-order valence-electron chi connectivity index (χ0n) is 21.9. The maximum absolute atomic E-state index is 13.6. The molecule has 0 spiro atoms. The van der Waals surface area contributed by atoms with Crippen LogP contribution in [0.15, 0.2) is 54.6 Å². The highest BCUT2D eigenvalue weighted by molar-refractivity contribution is 6.00. The fourth-order valence-corrected chi connectivity index (χ4v) is 4.30. The Bertz CT molecular complexity index is 1150. The molecule has 0 aromatic heterocycles. The molecule has 1 saturated heterocycles. The summed E-state index contributed by atoms with van der Waals surface area (Å²) in [6.07, 6.45) is -2.34. The number of nitrogens with one attached hydrogen (secondary N) is 3. The summed E-state index contributed by atoms with van der Waals surface area (Å²) in [5.74, 6) is -4.55. The summed E-state index contributed by atoms with van der Waals surface area (Å²) in [4.78, 5) is 52.5. The highest BCUT2D eigenvalue weighted by Crippen LogP contribution is 2.20. The lowest BCUT2D eigenvalue weighted by molar-refractivity contribution is -0.166. The van der Waals surface area contributed by atoms with Gasteiger partial charge in [-0.1, -0.05) is 56.3 Å². The van der Waals surface area contributed by atoms with Crippen LogP contribution in [0.4, 0.5) is 0 Å². The van der Waals surface area contributed by atoms with Crippen LogP contribution in [0.5, 0.6) is 5.75 Å². The van der Waals surface area contributed by atoms with E-state index >= 15 is 0 Å². The van der Waals surface area contributed by atoms with Gasteiger partial charge in [0, 0.05) is 0 Å². The van der Waals surface area contributed by atoms with Crippen molar-refractivity contribution in [2.24, 2.45) is 11.8 Å². The van der Waals surface area contributed by atoms with Crippen LogP contribution in [0.25, 0.3) is 0 Å². The normalized spacial score (nSPS) is 26.8. The number of carbonyl (C=O) groups is 4. The molecule has 38 heavy (non-hydrogen) atoms. The molecule has 2 aromatic carbocycles. The number of carbonyl (C=O) groups excluding carboxylic acids is 4. The van der Waals surface area contributed by atoms with Gasteiger partial charge >= 0.3 is 5.97 Å². The van der Waals surface area contributed by atoms with E-state index in [1.54, 1.807) is 26.0 Å². The molecule has 0 bridgehead atoms. The minimum atomic E-state index is -1.35. The molecule has 0 radical (unpaired) electrons. The van der Waals surface area contributed by atoms with Gasteiger partial charge in [0.15, 0.2) is 6.10 Å². The van der Waals surface area contributed by atoms with E-state index < -0.39 is 65.9 Å². The summed E-state index contributed by atoms with van der Waals surface area (Å²) in [5, 5.41) is 29.3. The molecule has 204 valence electrons. The number of phenolic OH excluding ortho intramolecular Hbond substituents is 1. The highest BCUT2D eigenvalue weighted by Gasteiger charge is 2.39. The number of ether oxygens (including phenoxy) is 1. The van der Waals surface area contributed by atoms with Crippen molar-refractivity contribution in [3.05, 3.63) is 65.7 Å². The Morgan fingerprint density at radius 2 is 1.61 bits per heavy atom. The number of esters is 1. The minimum Gasteiger partial charge on any atom is -0.507 e. The zero-order valence-corrected chi connectivity index (χ0v) is 21.9. The zero-order chi connectivity index (χ0) is 28.0. The van der Waals surface area contributed by atoms with Gasteiger partial charge in [0.2, 0.25) is 5.91 Å². The SMILES string of the molecule is CC(C)C1OC(=O)C(C)C(O)C(Cc2ccccc2)NC(=O)C(NC(=O)c2ccccc2O)C(C)NC1=O. The Balaban J connectivity index is 1.99. The maximum Gasteiger partial charge on any atom is 0.312 e. The first-order valence-corrected chi connectivity index (χ1v) is 12.6. The fourth-order valence-electron chi connectivity index (χ4n) is 4.30. The number of rotatable bonds is 5. The van der Waals surface area contributed by atoms with E-state index in [9.17, 15) is 29.4 Å². The van der Waals surface area contributed by atoms with Gasteiger partial charge in [-0.3, -0.25) is 19.2 Å². The van der Waals surface area contributed by atoms with E-state index in [-0.39, 0.29) is 17.7 Å². The van der Waals surface area contributed by atoms with Gasteiger partial charge in [0.25, 0.3) is 11.8 Å². The highest BCUT2D eigenvalue weighted by atomic mass is 16.5. The molecule has 1 heterocycles. The van der Waals surface area contributed by atoms with Crippen LogP contribution in [0.2, 0.25) is 0 Å². The molecule has 10 heteroatoms. The first-order valence-electron chi connectivity index (χ1n) is 12.6. The van der Waals surface area contributed by atoms with Crippen LogP contribution in [-0.4, -0.2) is 64.2 Å². The number of hydrogen-bond acceptors (Lipinski definition) is 7. The molecule has 10 nitrogen and oxygen atoms in total. The van der Waals surface area contributed by atoms with Crippen LogP contribution in [0.1, 0.15) is 43.6 Å². The average molecular weight is 526 g/mol. The van der Waals surface area contributed by atoms with Crippen molar-refractivity contribution in [3.63, 3.8) is 0 Å². The molecule has 2 aromatic rings. The van der Waals surface area contributed by atoms with E-state index in [1.807, 2.05) is 30.3 Å². The Hall–Kier alpha value is -3.92. The monoisotopic (exact) mass is 525 g/mol. The maximum atomic E-state index is 13.6. The largest absolute Gasteiger partial charge is 0.507 e. The summed E-state index contributed by atoms with van der Waals surface area (Å²) in [5.41, 5.74) is 0.758. The molecule has 1 aliphatic heterocycles. The molecule has 5 N–H and O–H groups in total. The molecular formula is C28H35N3O7. The number of amides is 3. The third-order valence-corrected chi connectivity index (χ3v) is 6.62. The molecule has 0 aliphatic carbocycles. The lowest BCUT2D eigenvalue weighted by atomic mass is 9.92. The van der Waals surface area contributed by atoms with Gasteiger partial charge in [0.05, 0.1) is 29.7 Å². The van der Waals surface area contributed by atoms with Crippen LogP contribution >= 0.6 is 0 Å². The Kier molecular flexibility index (Phi) is 9.46. The van der Waals surface area contributed by atoms with Crippen molar-refractivity contribution >= 4 is 23.7 Å². The number of para-hydroxylation sites is 1. The third kappa shape index (κ3) is 6.89. The van der Waals surface area contributed by atoms with Gasteiger partial charge in [0.1, 0.15) is 11.8 Å². The molecule has 3 rings (SSSR count). The molecule has 1 fully saturated rings. The first-order chi connectivity index (χ1) is 18.0. The number of phenols is 1. The number of aliphatic hydroxyl groups is 1. The van der Waals surface area contributed by atoms with Crippen molar-refractivity contribution in [1.29, 1.82) is 0 Å². The second kappa shape index (κ2) is 12.6. The smallest absolute Gasteiger partial charge is 0.312 e. The van der Waals surface area contributed by atoms with E-state index in [4.69, 9.17) is 4.74 Å². The summed E-state index contributed by atoms with van der Waals surface area (Å²) < 4.78 is 5.51. The third-order valence-electron chi connectivity index (χ3n) is 6.62. The van der Waals surface area contributed by atoms with E-state index in [1.165, 1.54) is 26.0 Å². The first kappa shape index (κ1) is 28.6. The molecule has 0 saturated carbocycles. The fraction of sp³-hybridized carbons (Fsp3) is 0.429. The minimum absolute atomic E-state index is 0.0478. The number of benzene rings is 2. The predicted octanol–water partition coefficient (Wildman–Crippen LogP) is 1.30. The number of cyclic esters (lactones) is 1. The number of aliphatic hydroxyl groups excluding tert-OH is 1. The molecule has 6 atom stereocenters. The quantitative estimate of drug-likeness (QED) is 0.369. The number of hydrogen-bond donors (Lipinski definition) is 5. The van der Waals surface area contributed by atoms with Crippen LogP contribution in [0.3, 0.4) is 0 Å². The van der Waals surface area contributed by atoms with E-state index in [0.717, 1.165) is 5.56 Å². The standard InChI is InChI=1S/C28H35N3O7/c1-15(2)24-27(36)29-17(4)22(31-25(34)19-12-8-9-13-21(19)32)26(35)30-20(14-18-10-6-5-7-11-18)23(33)16(3)28(37)38-24/h5-13,15-17,20,22-24,32-33H,14H2,1-4H3,(H,29,36)(H,30,35)(H,31,34). The second-order valence-corrected chi connectivity index (χ2v) is 9.95. The van der Waals surface area contributed by atoms with Gasteiger partial charge in [-0.2, -0.15) is 0 Å². The number of aromatic hydroxyl groups is 1. The van der Waals surface area contributed by atoms with Crippen molar-refractivity contribution in [3.8, 4) is 5.75 Å². The van der Waals surface area contributed by atoms with Gasteiger partial charge in [-0.15, -0.1) is 0 Å². The van der Waals surface area contributed by atoms with Crippen molar-refractivity contribution in [1.82, 2.24) is 16.0 Å². The molecule has 6 unspecified atom stereocenters. The summed E-state index contributed by atoms with van der Waals surface area (Å²) in [6.45, 7) is 6.41. The van der Waals surface area contributed by atoms with Gasteiger partial charge < -0.3 is 30.9 Å². The topological polar surface area (TPSA) is 154 Å². The molecule has 1 aliphatic rings. The molecular weight excluding hydrogens is 490 g/mol. The van der Waals surface area contributed by atoms with E-state index in [0.29, 0.717) is 0 Å². The Labute approximate surface area is 221 Å². The summed E-state index contributed by atoms with van der Waals surface area (Å²) in [7, 11) is 0. The van der Waals surface area contributed by atoms with E-state index in [2.05, 4.69) is 16.0 Å². The molecule has 3 amide bonds. The van der Waals surface area contributed by atoms with Crippen LogP contribution in [-0.2, 0) is 25.5 Å². The summed E-state index contributed by atoms with van der Waals surface area (Å²) in [6, 6.07) is 11.8. The Morgan fingerprint density at radius 1 is 0.974 bits per heavy atom. The van der Waals surface area contributed by atoms with Crippen LogP contribution in [0, 0.1) is 11.8 Å². The Morgan fingerprint density at radius 3 is 2.24 bits per heavy atom. The summed E-state index contributed by atoms with van der Waals surface area (Å²) >= 11 is 0. The second-order valence-electron chi connectivity index (χ2n) is 9.95. The predicted molar refractivity (Wildman–Crippen MR) is 139 cm³/mol. The van der Waals surface area contributed by atoms with Crippen molar-refractivity contribution in [2.75, 3.05) is 0 Å². The lowest BCUT2D eigenvalue weighted by Crippen LogP contribution is -2.62. The van der Waals surface area contributed by atoms with Gasteiger partial charge in [-0.25, -0.2) is 0 Å². The van der Waals surface area contributed by atoms with Gasteiger partial charge in [-0.05, 0) is 43.9 Å².